The Hall–Kier alpha value is -4.87. The van der Waals surface area contributed by atoms with Crippen LogP contribution in [-0.2, 0) is 59.2 Å². The quantitative estimate of drug-likeness (QED) is 0.0520. The van der Waals surface area contributed by atoms with Crippen molar-refractivity contribution in [1.82, 2.24) is 20.9 Å². The van der Waals surface area contributed by atoms with E-state index >= 15 is 0 Å². The van der Waals surface area contributed by atoms with Crippen molar-refractivity contribution >= 4 is 65.3 Å². The molecular formula is C30H39N5O16S. The van der Waals surface area contributed by atoms with Gasteiger partial charge in [0.25, 0.3) is 6.45 Å². The van der Waals surface area contributed by atoms with Gasteiger partial charge in [0, 0.05) is 26.5 Å². The highest BCUT2D eigenvalue weighted by atomic mass is 32.2. The Labute approximate surface area is 301 Å². The first-order valence-corrected chi connectivity index (χ1v) is 16.7. The monoisotopic (exact) mass is 758 g/mol. The van der Waals surface area contributed by atoms with Crippen molar-refractivity contribution in [3.05, 3.63) is 23.8 Å². The maximum absolute atomic E-state index is 13.2. The van der Waals surface area contributed by atoms with E-state index in [9.17, 15) is 58.8 Å². The number of amides is 6. The number of carbonyl (C=O) groups excluding carboxylic acids is 7. The van der Waals surface area contributed by atoms with Gasteiger partial charge in [0.1, 0.15) is 43.3 Å². The maximum atomic E-state index is 13.2. The van der Waals surface area contributed by atoms with Gasteiger partial charge in [-0.3, -0.25) is 38.5 Å². The van der Waals surface area contributed by atoms with Gasteiger partial charge in [0.05, 0.1) is 24.1 Å². The molecular weight excluding hydrogens is 718 g/mol. The van der Waals surface area contributed by atoms with Gasteiger partial charge >= 0.3 is 5.97 Å². The minimum absolute atomic E-state index is 0.0535. The molecule has 8 N–H and O–H groups in total. The molecule has 0 spiro atoms. The van der Waals surface area contributed by atoms with E-state index in [0.717, 1.165) is 16.7 Å². The van der Waals surface area contributed by atoms with Gasteiger partial charge in [-0.1, -0.05) is 6.07 Å². The number of aliphatic hydroxyl groups excluding tert-OH is 3. The maximum Gasteiger partial charge on any atom is 0.335 e. The molecule has 0 radical (unpaired) electrons. The molecule has 1 aromatic rings. The minimum atomic E-state index is -2.02. The van der Waals surface area contributed by atoms with Crippen LogP contribution in [0.4, 0.5) is 5.69 Å². The number of likely N-dealkylation sites (tertiary alicyclic amines) is 1. The zero-order valence-corrected chi connectivity index (χ0v) is 28.6. The number of nitrogens with zero attached hydrogens (tertiary/aromatic N) is 1. The third-order valence-corrected chi connectivity index (χ3v) is 8.51. The van der Waals surface area contributed by atoms with Crippen LogP contribution in [0.2, 0.25) is 0 Å². The second kappa shape index (κ2) is 19.7. The van der Waals surface area contributed by atoms with Gasteiger partial charge < -0.3 is 60.6 Å². The molecule has 22 heteroatoms. The number of ether oxygens (including phenoxy) is 4. The summed E-state index contributed by atoms with van der Waals surface area (Å²) in [6.45, 7) is -2.33. The number of benzene rings is 1. The zero-order chi connectivity index (χ0) is 39.4. The Bertz CT molecular complexity index is 1570. The van der Waals surface area contributed by atoms with E-state index in [4.69, 9.17) is 15.6 Å². The fourth-order valence-corrected chi connectivity index (χ4v) is 5.47. The molecule has 2 unspecified atom stereocenters. The van der Waals surface area contributed by atoms with Crippen molar-refractivity contribution in [1.29, 1.82) is 0 Å². The number of hydrogen-bond donors (Lipinski definition) is 8. The Balaban J connectivity index is 1.74. The lowest BCUT2D eigenvalue weighted by atomic mass is 9.99. The molecule has 2 fully saturated rings. The number of thioether (sulfide) groups is 1. The van der Waals surface area contributed by atoms with Crippen molar-refractivity contribution < 1.29 is 79.1 Å². The molecule has 2 aliphatic rings. The third-order valence-electron chi connectivity index (χ3n) is 7.57. The summed E-state index contributed by atoms with van der Waals surface area (Å²) in [5.74, 6) is -6.50. The van der Waals surface area contributed by atoms with Gasteiger partial charge in [0.15, 0.2) is 7.47 Å². The van der Waals surface area contributed by atoms with Gasteiger partial charge in [-0.25, -0.2) is 4.79 Å². The first-order valence-electron chi connectivity index (χ1n) is 15.9. The van der Waals surface area contributed by atoms with E-state index in [0.29, 0.717) is 0 Å². The number of imide groups is 1. The minimum Gasteiger partial charge on any atom is -0.479 e. The molecule has 6 amide bonds. The lowest BCUT2D eigenvalue weighted by molar-refractivity contribution is -0.271. The number of rotatable bonds is 18. The lowest BCUT2D eigenvalue weighted by Crippen LogP contribution is -2.61. The molecule has 1 aromatic carbocycles. The molecule has 2 aliphatic heterocycles. The van der Waals surface area contributed by atoms with E-state index in [1.807, 2.05) is 0 Å². The summed E-state index contributed by atoms with van der Waals surface area (Å²) in [4.78, 5) is 99.3. The van der Waals surface area contributed by atoms with Gasteiger partial charge in [-0.15, -0.1) is 0 Å². The van der Waals surface area contributed by atoms with Crippen LogP contribution in [0.25, 0.3) is 0 Å². The fraction of sp³-hybridized carbons (Fsp3) is 0.533. The first kappa shape index (κ1) is 39.9. The number of methoxy groups -OCH3 is 1. The number of anilines is 1. The van der Waals surface area contributed by atoms with Crippen molar-refractivity contribution in [2.24, 2.45) is 0 Å². The zero-order valence-electron chi connectivity index (χ0n) is 28.8. The summed E-state index contributed by atoms with van der Waals surface area (Å²) >= 11 is 1.14. The fourth-order valence-electron chi connectivity index (χ4n) is 4.83. The number of carbonyl (C=O) groups is 8. The predicted octanol–water partition coefficient (Wildman–Crippen LogP) is -4.19. The molecule has 7 atom stereocenters. The normalized spacial score (nSPS) is 23.6. The van der Waals surface area contributed by atoms with Crippen LogP contribution in [-0.4, -0.2) is 155 Å². The number of nitrogens with one attached hydrogen (secondary N) is 4. The highest BCUT2D eigenvalue weighted by Gasteiger charge is 2.48. The van der Waals surface area contributed by atoms with Crippen LogP contribution in [0, 0.1) is 0 Å². The second-order valence-electron chi connectivity index (χ2n) is 11.2. The molecule has 0 aromatic heterocycles. The van der Waals surface area contributed by atoms with E-state index in [2.05, 4.69) is 26.0 Å². The number of aliphatic carboxylic acids is 1. The van der Waals surface area contributed by atoms with Gasteiger partial charge in [-0.2, -0.15) is 11.8 Å². The summed E-state index contributed by atoms with van der Waals surface area (Å²) in [6, 6.07) is 2.19. The lowest BCUT2D eigenvalue weighted by Gasteiger charge is -2.38. The average Bonchev–Trinajstić information content (AvgIpc) is 3.38. The van der Waals surface area contributed by atoms with Crippen LogP contribution in [0.1, 0.15) is 19.8 Å². The van der Waals surface area contributed by atoms with Crippen molar-refractivity contribution in [3.8, 4) is 5.75 Å². The average molecular weight is 759 g/mol. The van der Waals surface area contributed by atoms with Gasteiger partial charge in [-0.05, 0) is 24.0 Å². The Kier molecular flexibility index (Phi) is 15.1. The SMILES string of the molecule is [2H]C(=O)OCc1ccc(O[C@@H]2O[C@H](C(=O)O)[C@@H](O)[C@H](O)[C@H]2O)c(NC(=O)CNC(=O)C(CNC(=O)CCOC)NC(=O)CN2C(=O)CC(SC)C2=O)c1. The number of carboxylic acid groups (broad SMARTS) is 1. The van der Waals surface area contributed by atoms with E-state index in [1.54, 1.807) is 6.26 Å². The molecule has 21 nitrogen and oxygen atoms in total. The standard InChI is InChI=1S/C30H39N5O16S/c1-48-6-5-19(37)31-9-16(34-21(39)11-35-22(40)8-18(52-2)28(35)45)27(44)32-10-20(38)33-15-7-14(12-49-13-36)3-4-17(15)50-30-25(43)23(41)24(42)26(51-30)29(46)47/h3-4,7,13,16,18,23-26,30,41-43H,5-6,8-12H2,1-2H3,(H,31,37)(H,32,44)(H,33,38)(H,34,39)(H,46,47)/t16?,18?,23-,24-,25+,26-,30+/m0/s1/i13D. The highest BCUT2D eigenvalue weighted by molar-refractivity contribution is 8.00. The van der Waals surface area contributed by atoms with Crippen LogP contribution in [0.5, 0.6) is 5.75 Å². The van der Waals surface area contributed by atoms with E-state index in [1.165, 1.54) is 25.3 Å². The Morgan fingerprint density at radius 3 is 2.46 bits per heavy atom. The second-order valence-corrected chi connectivity index (χ2v) is 12.3. The topological polar surface area (TPSA) is 306 Å². The largest absolute Gasteiger partial charge is 0.479 e. The van der Waals surface area contributed by atoms with Crippen molar-refractivity contribution in [3.63, 3.8) is 0 Å². The van der Waals surface area contributed by atoms with Crippen molar-refractivity contribution in [2.75, 3.05) is 44.9 Å². The Morgan fingerprint density at radius 1 is 1.10 bits per heavy atom. The molecule has 2 saturated heterocycles. The van der Waals surface area contributed by atoms with E-state index < -0.39 is 116 Å². The molecule has 52 heavy (non-hydrogen) atoms. The highest BCUT2D eigenvalue weighted by Crippen LogP contribution is 2.31. The number of carboxylic acids is 1. The molecule has 2 heterocycles. The van der Waals surface area contributed by atoms with Crippen LogP contribution < -0.4 is 26.0 Å². The first-order chi connectivity index (χ1) is 25.1. The number of aliphatic hydroxyl groups is 3. The van der Waals surface area contributed by atoms with Crippen LogP contribution in [0.3, 0.4) is 0 Å². The summed E-state index contributed by atoms with van der Waals surface area (Å²) in [5, 5.41) is 48.6. The summed E-state index contributed by atoms with van der Waals surface area (Å²) in [5.41, 5.74) is -0.0168. The van der Waals surface area contributed by atoms with Gasteiger partial charge in [0.2, 0.25) is 41.7 Å². The molecule has 0 saturated carbocycles. The summed E-state index contributed by atoms with van der Waals surface area (Å²) in [6.07, 6.45) is -9.82. The van der Waals surface area contributed by atoms with Crippen LogP contribution in [0.15, 0.2) is 18.2 Å². The predicted molar refractivity (Wildman–Crippen MR) is 174 cm³/mol. The number of hydrogen-bond acceptors (Lipinski definition) is 16. The van der Waals surface area contributed by atoms with Crippen molar-refractivity contribution in [2.45, 2.75) is 61.4 Å². The Morgan fingerprint density at radius 2 is 1.83 bits per heavy atom. The van der Waals surface area contributed by atoms with Crippen LogP contribution >= 0.6 is 11.8 Å². The van der Waals surface area contributed by atoms with E-state index in [-0.39, 0.29) is 36.4 Å². The smallest absolute Gasteiger partial charge is 0.335 e. The third kappa shape index (κ3) is 11.3. The molecule has 286 valence electrons. The molecule has 3 rings (SSSR count). The summed E-state index contributed by atoms with van der Waals surface area (Å²) in [7, 11) is 1.37. The molecule has 0 bridgehead atoms. The molecule has 0 aliphatic carbocycles. The summed E-state index contributed by atoms with van der Waals surface area (Å²) < 4.78 is 27.1.